The van der Waals surface area contributed by atoms with E-state index in [1.54, 1.807) is 11.0 Å². The summed E-state index contributed by atoms with van der Waals surface area (Å²) < 4.78 is 1.63. The van der Waals surface area contributed by atoms with E-state index in [4.69, 9.17) is 0 Å². The lowest BCUT2D eigenvalue weighted by molar-refractivity contribution is 0.443. The average molecular weight is 231 g/mol. The molecule has 0 bridgehead atoms. The summed E-state index contributed by atoms with van der Waals surface area (Å²) in [7, 11) is 0. The van der Waals surface area contributed by atoms with E-state index in [2.05, 4.69) is 41.2 Å². The zero-order valence-corrected chi connectivity index (χ0v) is 10.4. The van der Waals surface area contributed by atoms with Crippen LogP contribution in [-0.4, -0.2) is 26.3 Å². The van der Waals surface area contributed by atoms with Gasteiger partial charge < -0.3 is 5.32 Å². The molecule has 0 aromatic carbocycles. The minimum atomic E-state index is 0.255. The fraction of sp³-hybridized carbons (Fsp3) is 0.417. The number of hydrogen-bond acceptors (Lipinski definition) is 4. The molecule has 17 heavy (non-hydrogen) atoms. The van der Waals surface area contributed by atoms with Crippen LogP contribution < -0.4 is 5.32 Å². The monoisotopic (exact) mass is 231 g/mol. The molecule has 5 nitrogen and oxygen atoms in total. The maximum atomic E-state index is 4.32. The molecule has 0 saturated carbocycles. The van der Waals surface area contributed by atoms with E-state index in [0.29, 0.717) is 0 Å². The first-order chi connectivity index (χ1) is 8.04. The molecule has 2 aromatic rings. The van der Waals surface area contributed by atoms with Gasteiger partial charge in [-0.25, -0.2) is 14.6 Å². The Balaban J connectivity index is 2.04. The Morgan fingerprint density at radius 3 is 2.65 bits per heavy atom. The highest BCUT2D eigenvalue weighted by molar-refractivity contribution is 5.43. The minimum absolute atomic E-state index is 0.255. The summed E-state index contributed by atoms with van der Waals surface area (Å²) in [4.78, 5) is 8.21. The molecule has 2 rings (SSSR count). The summed E-state index contributed by atoms with van der Waals surface area (Å²) in [5, 5.41) is 7.37. The van der Waals surface area contributed by atoms with Crippen LogP contribution >= 0.6 is 0 Å². The van der Waals surface area contributed by atoms with Gasteiger partial charge in [-0.15, -0.1) is 0 Å². The number of aromatic nitrogens is 4. The highest BCUT2D eigenvalue weighted by Crippen LogP contribution is 2.15. The molecule has 0 aliphatic carbocycles. The standard InChI is InChI=1S/C12H17N5/c1-12(2,3)7-15-10-4-5-11(14-6-10)17-9-13-8-16-17/h4-6,8-9,15H,7H2,1-3H3. The fourth-order valence-electron chi connectivity index (χ4n) is 1.32. The molecule has 2 aromatic heterocycles. The summed E-state index contributed by atoms with van der Waals surface area (Å²) in [6, 6.07) is 3.91. The van der Waals surface area contributed by atoms with E-state index < -0.39 is 0 Å². The van der Waals surface area contributed by atoms with Gasteiger partial charge in [0.1, 0.15) is 12.7 Å². The van der Waals surface area contributed by atoms with Crippen molar-refractivity contribution in [1.82, 2.24) is 19.7 Å². The summed E-state index contributed by atoms with van der Waals surface area (Å²) in [5.74, 6) is 0.767. The van der Waals surface area contributed by atoms with Crippen molar-refractivity contribution in [3.8, 4) is 5.82 Å². The summed E-state index contributed by atoms with van der Waals surface area (Å²) in [6.07, 6.45) is 4.93. The lowest BCUT2D eigenvalue weighted by Gasteiger charge is -2.19. The Morgan fingerprint density at radius 1 is 1.29 bits per heavy atom. The van der Waals surface area contributed by atoms with E-state index in [9.17, 15) is 0 Å². The van der Waals surface area contributed by atoms with Gasteiger partial charge in [-0.3, -0.25) is 0 Å². The largest absolute Gasteiger partial charge is 0.383 e. The van der Waals surface area contributed by atoms with Crippen LogP contribution in [-0.2, 0) is 0 Å². The number of nitrogens with zero attached hydrogens (tertiary/aromatic N) is 4. The molecule has 1 N–H and O–H groups in total. The summed E-state index contributed by atoms with van der Waals surface area (Å²) in [6.45, 7) is 7.49. The topological polar surface area (TPSA) is 55.6 Å². The Morgan fingerprint density at radius 2 is 2.12 bits per heavy atom. The van der Waals surface area contributed by atoms with Gasteiger partial charge in [0.05, 0.1) is 11.9 Å². The van der Waals surface area contributed by atoms with Crippen molar-refractivity contribution in [3.63, 3.8) is 0 Å². The van der Waals surface area contributed by atoms with Crippen LogP contribution in [0.25, 0.3) is 5.82 Å². The molecule has 0 spiro atoms. The summed E-state index contributed by atoms with van der Waals surface area (Å²) in [5.41, 5.74) is 1.27. The maximum Gasteiger partial charge on any atom is 0.155 e. The molecule has 0 unspecified atom stereocenters. The number of hydrogen-bond donors (Lipinski definition) is 1. The van der Waals surface area contributed by atoms with Gasteiger partial charge in [-0.05, 0) is 17.5 Å². The Labute approximate surface area is 101 Å². The third-order valence-corrected chi connectivity index (χ3v) is 2.22. The van der Waals surface area contributed by atoms with E-state index in [0.717, 1.165) is 18.1 Å². The van der Waals surface area contributed by atoms with Crippen molar-refractivity contribution in [2.75, 3.05) is 11.9 Å². The molecule has 90 valence electrons. The van der Waals surface area contributed by atoms with Crippen molar-refractivity contribution in [2.24, 2.45) is 5.41 Å². The second-order valence-corrected chi connectivity index (χ2v) is 5.16. The van der Waals surface area contributed by atoms with Gasteiger partial charge in [-0.2, -0.15) is 5.10 Å². The SMILES string of the molecule is CC(C)(C)CNc1ccc(-n2cncn2)nc1. The smallest absolute Gasteiger partial charge is 0.155 e. The summed E-state index contributed by atoms with van der Waals surface area (Å²) >= 11 is 0. The van der Waals surface area contributed by atoms with Crippen molar-refractivity contribution in [1.29, 1.82) is 0 Å². The predicted octanol–water partition coefficient (Wildman–Crippen LogP) is 2.12. The second kappa shape index (κ2) is 4.53. The van der Waals surface area contributed by atoms with Crippen molar-refractivity contribution in [3.05, 3.63) is 31.0 Å². The number of pyridine rings is 1. The zero-order valence-electron chi connectivity index (χ0n) is 10.4. The van der Waals surface area contributed by atoms with E-state index >= 15 is 0 Å². The average Bonchev–Trinajstić information content (AvgIpc) is 2.79. The lowest BCUT2D eigenvalue weighted by atomic mass is 9.97. The van der Waals surface area contributed by atoms with Crippen LogP contribution in [0.4, 0.5) is 5.69 Å². The van der Waals surface area contributed by atoms with Crippen LogP contribution in [0.3, 0.4) is 0 Å². The lowest BCUT2D eigenvalue weighted by Crippen LogP contribution is -2.19. The molecule has 5 heteroatoms. The Kier molecular flexibility index (Phi) is 3.08. The molecule has 0 saturated heterocycles. The molecule has 0 amide bonds. The van der Waals surface area contributed by atoms with Crippen molar-refractivity contribution >= 4 is 5.69 Å². The number of rotatable bonds is 3. The highest BCUT2D eigenvalue weighted by Gasteiger charge is 2.09. The van der Waals surface area contributed by atoms with Crippen molar-refractivity contribution < 1.29 is 0 Å². The first kappa shape index (κ1) is 11.6. The van der Waals surface area contributed by atoms with Crippen LogP contribution in [0, 0.1) is 5.41 Å². The van der Waals surface area contributed by atoms with Gasteiger partial charge in [0.25, 0.3) is 0 Å². The molecule has 0 fully saturated rings. The molecular weight excluding hydrogens is 214 g/mol. The minimum Gasteiger partial charge on any atom is -0.383 e. The fourth-order valence-corrected chi connectivity index (χ4v) is 1.32. The van der Waals surface area contributed by atoms with E-state index in [1.807, 2.05) is 18.3 Å². The maximum absolute atomic E-state index is 4.32. The predicted molar refractivity (Wildman–Crippen MR) is 67.1 cm³/mol. The number of anilines is 1. The van der Waals surface area contributed by atoms with Gasteiger partial charge in [0, 0.05) is 6.54 Å². The third kappa shape index (κ3) is 3.27. The Bertz CT molecular complexity index is 453. The van der Waals surface area contributed by atoms with E-state index in [1.165, 1.54) is 6.33 Å². The number of nitrogens with one attached hydrogen (secondary N) is 1. The molecular formula is C12H17N5. The Hall–Kier alpha value is -1.91. The first-order valence-electron chi connectivity index (χ1n) is 5.59. The van der Waals surface area contributed by atoms with Crippen molar-refractivity contribution in [2.45, 2.75) is 20.8 Å². The molecule has 0 radical (unpaired) electrons. The second-order valence-electron chi connectivity index (χ2n) is 5.16. The van der Waals surface area contributed by atoms with Gasteiger partial charge in [-0.1, -0.05) is 20.8 Å². The van der Waals surface area contributed by atoms with Crippen LogP contribution in [0.2, 0.25) is 0 Å². The molecule has 0 aliphatic heterocycles. The quantitative estimate of drug-likeness (QED) is 0.879. The third-order valence-electron chi connectivity index (χ3n) is 2.22. The first-order valence-corrected chi connectivity index (χ1v) is 5.59. The highest BCUT2D eigenvalue weighted by atomic mass is 15.3. The van der Waals surface area contributed by atoms with Gasteiger partial charge >= 0.3 is 0 Å². The van der Waals surface area contributed by atoms with Gasteiger partial charge in [0.2, 0.25) is 0 Å². The van der Waals surface area contributed by atoms with Gasteiger partial charge in [0.15, 0.2) is 5.82 Å². The molecule has 0 atom stereocenters. The van der Waals surface area contributed by atoms with Crippen LogP contribution in [0.1, 0.15) is 20.8 Å². The molecule has 2 heterocycles. The van der Waals surface area contributed by atoms with E-state index in [-0.39, 0.29) is 5.41 Å². The zero-order chi connectivity index (χ0) is 12.3. The van der Waals surface area contributed by atoms with Crippen LogP contribution in [0.5, 0.6) is 0 Å². The molecule has 0 aliphatic rings. The normalized spacial score (nSPS) is 11.5. The van der Waals surface area contributed by atoms with Crippen LogP contribution in [0.15, 0.2) is 31.0 Å².